The molecule has 0 unspecified atom stereocenters. The molecule has 1 heterocycles. The molecular weight excluding hydrogens is 220 g/mol. The van der Waals surface area contributed by atoms with E-state index in [1.165, 1.54) is 31.2 Å². The van der Waals surface area contributed by atoms with Crippen molar-refractivity contribution < 1.29 is 0 Å². The molecule has 0 spiro atoms. The van der Waals surface area contributed by atoms with E-state index in [2.05, 4.69) is 22.9 Å². The normalized spacial score (nSPS) is 16.6. The highest BCUT2D eigenvalue weighted by atomic mass is 35.5. The van der Waals surface area contributed by atoms with Crippen molar-refractivity contribution in [2.75, 3.05) is 17.3 Å². The number of hydrogen-bond donors (Lipinski definition) is 0. The first-order valence-electron chi connectivity index (χ1n) is 6.07. The fourth-order valence-corrected chi connectivity index (χ4v) is 2.73. The van der Waals surface area contributed by atoms with Gasteiger partial charge in [0.15, 0.2) is 0 Å². The molecule has 88 valence electrons. The molecule has 0 aliphatic heterocycles. The molecular formula is C13H19ClN2. The number of rotatable bonds is 4. The van der Waals surface area contributed by atoms with Gasteiger partial charge in [-0.3, -0.25) is 0 Å². The molecule has 1 aromatic rings. The molecule has 0 aromatic carbocycles. The standard InChI is InChI=1S/C13H19ClN2/c1-11-5-4-9-15-13(11)16(10-8-14)12-6-2-3-7-12/h4-5,9,12H,2-3,6-8,10H2,1H3. The Labute approximate surface area is 103 Å². The van der Waals surface area contributed by atoms with Gasteiger partial charge in [0.1, 0.15) is 5.82 Å². The zero-order valence-electron chi connectivity index (χ0n) is 9.82. The average molecular weight is 239 g/mol. The SMILES string of the molecule is Cc1cccnc1N(CCCl)C1CCCC1. The Morgan fingerprint density at radius 3 is 2.81 bits per heavy atom. The van der Waals surface area contributed by atoms with Crippen molar-refractivity contribution in [3.8, 4) is 0 Å². The Balaban J connectivity index is 2.21. The highest BCUT2D eigenvalue weighted by molar-refractivity contribution is 6.18. The molecule has 0 amide bonds. The number of aromatic nitrogens is 1. The summed E-state index contributed by atoms with van der Waals surface area (Å²) >= 11 is 5.91. The quantitative estimate of drug-likeness (QED) is 0.748. The summed E-state index contributed by atoms with van der Waals surface area (Å²) in [5, 5.41) is 0. The van der Waals surface area contributed by atoms with E-state index in [9.17, 15) is 0 Å². The van der Waals surface area contributed by atoms with Crippen LogP contribution in [0.15, 0.2) is 18.3 Å². The van der Waals surface area contributed by atoms with Gasteiger partial charge in [-0.25, -0.2) is 4.98 Å². The van der Waals surface area contributed by atoms with Crippen LogP contribution < -0.4 is 4.90 Å². The molecule has 1 aromatic heterocycles. The minimum absolute atomic E-state index is 0.646. The summed E-state index contributed by atoms with van der Waals surface area (Å²) in [6.07, 6.45) is 7.13. The Kier molecular flexibility index (Phi) is 4.05. The largest absolute Gasteiger partial charge is 0.352 e. The summed E-state index contributed by atoms with van der Waals surface area (Å²) in [5.74, 6) is 1.79. The van der Waals surface area contributed by atoms with Crippen molar-refractivity contribution in [2.45, 2.75) is 38.6 Å². The molecule has 1 saturated carbocycles. The minimum atomic E-state index is 0.646. The van der Waals surface area contributed by atoms with Gasteiger partial charge in [0.05, 0.1) is 0 Å². The molecule has 0 radical (unpaired) electrons. The zero-order chi connectivity index (χ0) is 11.4. The molecule has 1 aliphatic rings. The van der Waals surface area contributed by atoms with E-state index in [1.807, 2.05) is 12.3 Å². The van der Waals surface area contributed by atoms with Crippen molar-refractivity contribution in [2.24, 2.45) is 0 Å². The average Bonchev–Trinajstić information content (AvgIpc) is 2.80. The van der Waals surface area contributed by atoms with Crippen molar-refractivity contribution in [1.82, 2.24) is 4.98 Å². The van der Waals surface area contributed by atoms with Crippen molar-refractivity contribution in [3.63, 3.8) is 0 Å². The number of hydrogen-bond acceptors (Lipinski definition) is 2. The van der Waals surface area contributed by atoms with Crippen LogP contribution in [-0.4, -0.2) is 23.5 Å². The van der Waals surface area contributed by atoms with Crippen molar-refractivity contribution in [3.05, 3.63) is 23.9 Å². The van der Waals surface area contributed by atoms with Crippen LogP contribution in [0.1, 0.15) is 31.2 Å². The molecule has 1 fully saturated rings. The van der Waals surface area contributed by atoms with Gasteiger partial charge < -0.3 is 4.90 Å². The van der Waals surface area contributed by atoms with E-state index >= 15 is 0 Å². The number of alkyl halides is 1. The third kappa shape index (κ3) is 2.49. The van der Waals surface area contributed by atoms with E-state index < -0.39 is 0 Å². The van der Waals surface area contributed by atoms with Gasteiger partial charge in [0.25, 0.3) is 0 Å². The van der Waals surface area contributed by atoms with Crippen LogP contribution in [0.5, 0.6) is 0 Å². The molecule has 2 rings (SSSR count). The highest BCUT2D eigenvalue weighted by Gasteiger charge is 2.23. The van der Waals surface area contributed by atoms with Gasteiger partial charge in [-0.2, -0.15) is 0 Å². The lowest BCUT2D eigenvalue weighted by Gasteiger charge is -2.30. The number of anilines is 1. The first-order valence-corrected chi connectivity index (χ1v) is 6.60. The second-order valence-electron chi connectivity index (χ2n) is 4.46. The second kappa shape index (κ2) is 5.53. The monoisotopic (exact) mass is 238 g/mol. The summed E-state index contributed by atoms with van der Waals surface area (Å²) < 4.78 is 0. The number of aryl methyl sites for hydroxylation is 1. The van der Waals surface area contributed by atoms with E-state index in [1.54, 1.807) is 0 Å². The molecule has 0 atom stereocenters. The second-order valence-corrected chi connectivity index (χ2v) is 4.84. The third-order valence-electron chi connectivity index (χ3n) is 3.34. The van der Waals surface area contributed by atoms with Gasteiger partial charge in [-0.05, 0) is 31.4 Å². The Morgan fingerprint density at radius 2 is 2.19 bits per heavy atom. The summed E-state index contributed by atoms with van der Waals surface area (Å²) in [7, 11) is 0. The fraction of sp³-hybridized carbons (Fsp3) is 0.615. The molecule has 2 nitrogen and oxygen atoms in total. The van der Waals surface area contributed by atoms with E-state index in [0.717, 1.165) is 12.4 Å². The predicted octanol–water partition coefficient (Wildman–Crippen LogP) is 3.38. The van der Waals surface area contributed by atoms with Crippen LogP contribution in [0.25, 0.3) is 0 Å². The third-order valence-corrected chi connectivity index (χ3v) is 3.51. The van der Waals surface area contributed by atoms with Gasteiger partial charge in [0.2, 0.25) is 0 Å². The molecule has 1 aliphatic carbocycles. The van der Waals surface area contributed by atoms with Gasteiger partial charge in [-0.1, -0.05) is 18.9 Å². The summed E-state index contributed by atoms with van der Waals surface area (Å²) in [5.41, 5.74) is 1.25. The Hall–Kier alpha value is -0.760. The molecule has 0 bridgehead atoms. The van der Waals surface area contributed by atoms with Crippen LogP contribution in [0.2, 0.25) is 0 Å². The Morgan fingerprint density at radius 1 is 1.44 bits per heavy atom. The Bertz CT molecular complexity index is 334. The van der Waals surface area contributed by atoms with Crippen LogP contribution in [-0.2, 0) is 0 Å². The van der Waals surface area contributed by atoms with Crippen molar-refractivity contribution >= 4 is 17.4 Å². The lowest BCUT2D eigenvalue weighted by molar-refractivity contribution is 0.613. The van der Waals surface area contributed by atoms with Crippen LogP contribution >= 0.6 is 11.6 Å². The lowest BCUT2D eigenvalue weighted by Crippen LogP contribution is -2.36. The van der Waals surface area contributed by atoms with Gasteiger partial charge in [0, 0.05) is 24.7 Å². The predicted molar refractivity (Wildman–Crippen MR) is 69.3 cm³/mol. The first-order chi connectivity index (χ1) is 7.83. The number of nitrogens with zero attached hydrogens (tertiary/aromatic N) is 2. The summed E-state index contributed by atoms with van der Waals surface area (Å²) in [6, 6.07) is 4.76. The fourth-order valence-electron chi connectivity index (χ4n) is 2.55. The minimum Gasteiger partial charge on any atom is -0.352 e. The van der Waals surface area contributed by atoms with Crippen LogP contribution in [0, 0.1) is 6.92 Å². The maximum Gasteiger partial charge on any atom is 0.131 e. The number of pyridine rings is 1. The molecule has 0 N–H and O–H groups in total. The van der Waals surface area contributed by atoms with E-state index in [-0.39, 0.29) is 0 Å². The van der Waals surface area contributed by atoms with Gasteiger partial charge >= 0.3 is 0 Å². The van der Waals surface area contributed by atoms with E-state index in [4.69, 9.17) is 11.6 Å². The zero-order valence-corrected chi connectivity index (χ0v) is 10.6. The smallest absolute Gasteiger partial charge is 0.131 e. The maximum absolute atomic E-state index is 5.91. The van der Waals surface area contributed by atoms with Gasteiger partial charge in [-0.15, -0.1) is 11.6 Å². The molecule has 16 heavy (non-hydrogen) atoms. The van der Waals surface area contributed by atoms with E-state index in [0.29, 0.717) is 11.9 Å². The molecule has 0 saturated heterocycles. The van der Waals surface area contributed by atoms with Crippen LogP contribution in [0.3, 0.4) is 0 Å². The lowest BCUT2D eigenvalue weighted by atomic mass is 10.2. The number of halogens is 1. The summed E-state index contributed by atoms with van der Waals surface area (Å²) in [4.78, 5) is 6.91. The topological polar surface area (TPSA) is 16.1 Å². The highest BCUT2D eigenvalue weighted by Crippen LogP contribution is 2.28. The summed E-state index contributed by atoms with van der Waals surface area (Å²) in [6.45, 7) is 3.03. The maximum atomic E-state index is 5.91. The first kappa shape index (κ1) is 11.7. The van der Waals surface area contributed by atoms with Crippen LogP contribution in [0.4, 0.5) is 5.82 Å². The van der Waals surface area contributed by atoms with Crippen molar-refractivity contribution in [1.29, 1.82) is 0 Å². The molecule has 3 heteroatoms.